The Labute approximate surface area is 130 Å². The number of hydrogen-bond acceptors (Lipinski definition) is 4. The fraction of sp³-hybridized carbons (Fsp3) is 0.462. The van der Waals surface area contributed by atoms with Gasteiger partial charge in [-0.05, 0) is 18.9 Å². The molecule has 2 saturated heterocycles. The second-order valence-corrected chi connectivity index (χ2v) is 6.00. The third-order valence-corrected chi connectivity index (χ3v) is 4.58. The number of rotatable bonds is 2. The number of likely N-dealkylation sites (tertiary alicyclic amines) is 1. The van der Waals surface area contributed by atoms with Gasteiger partial charge in [0, 0.05) is 24.7 Å². The van der Waals surface area contributed by atoms with E-state index in [0.29, 0.717) is 13.1 Å². The van der Waals surface area contributed by atoms with Gasteiger partial charge >= 0.3 is 0 Å². The SMILES string of the molecule is O=C(c1cc(Cl)c(Cl)c([N+](=O)[O-])c1)N1CC2CCC(C1)O2. The summed E-state index contributed by atoms with van der Waals surface area (Å²) < 4.78 is 5.67. The van der Waals surface area contributed by atoms with Crippen molar-refractivity contribution in [2.24, 2.45) is 0 Å². The molecule has 3 rings (SSSR count). The fourth-order valence-corrected chi connectivity index (χ4v) is 3.19. The molecule has 2 aliphatic rings. The van der Waals surface area contributed by atoms with Crippen LogP contribution in [-0.4, -0.2) is 41.0 Å². The van der Waals surface area contributed by atoms with Gasteiger partial charge in [-0.1, -0.05) is 23.2 Å². The molecule has 0 aromatic heterocycles. The summed E-state index contributed by atoms with van der Waals surface area (Å²) in [5.74, 6) is -0.281. The summed E-state index contributed by atoms with van der Waals surface area (Å²) in [4.78, 5) is 24.5. The predicted octanol–water partition coefficient (Wildman–Crippen LogP) is 2.91. The normalized spacial score (nSPS) is 24.2. The molecule has 1 aromatic carbocycles. The molecule has 0 saturated carbocycles. The molecular formula is C13H12Cl2N2O4. The number of hydrogen-bond donors (Lipinski definition) is 0. The third kappa shape index (κ3) is 2.71. The van der Waals surface area contributed by atoms with E-state index in [1.165, 1.54) is 12.1 Å². The lowest BCUT2D eigenvalue weighted by Crippen LogP contribution is -2.45. The minimum Gasteiger partial charge on any atom is -0.371 e. The molecule has 0 radical (unpaired) electrons. The second kappa shape index (κ2) is 5.44. The van der Waals surface area contributed by atoms with Crippen molar-refractivity contribution in [3.05, 3.63) is 37.9 Å². The first-order valence-electron chi connectivity index (χ1n) is 6.54. The van der Waals surface area contributed by atoms with Crippen LogP contribution in [-0.2, 0) is 4.74 Å². The molecule has 2 atom stereocenters. The molecule has 1 amide bonds. The van der Waals surface area contributed by atoms with Gasteiger partial charge in [0.1, 0.15) is 5.02 Å². The van der Waals surface area contributed by atoms with E-state index in [1.54, 1.807) is 4.90 Å². The minimum absolute atomic E-state index is 0.00504. The molecule has 6 nitrogen and oxygen atoms in total. The molecule has 2 unspecified atom stereocenters. The zero-order valence-electron chi connectivity index (χ0n) is 10.9. The van der Waals surface area contributed by atoms with Crippen molar-refractivity contribution in [3.63, 3.8) is 0 Å². The Kier molecular flexibility index (Phi) is 3.77. The molecule has 1 aromatic rings. The Morgan fingerprint density at radius 1 is 1.29 bits per heavy atom. The Bertz CT molecular complexity index is 610. The smallest absolute Gasteiger partial charge is 0.290 e. The highest BCUT2D eigenvalue weighted by molar-refractivity contribution is 6.43. The lowest BCUT2D eigenvalue weighted by atomic mass is 10.1. The van der Waals surface area contributed by atoms with E-state index in [-0.39, 0.29) is 39.4 Å². The van der Waals surface area contributed by atoms with Crippen molar-refractivity contribution in [2.75, 3.05) is 13.1 Å². The quantitative estimate of drug-likeness (QED) is 0.617. The van der Waals surface area contributed by atoms with Gasteiger partial charge in [0.15, 0.2) is 0 Å². The lowest BCUT2D eigenvalue weighted by molar-refractivity contribution is -0.384. The maximum atomic E-state index is 12.5. The molecule has 21 heavy (non-hydrogen) atoms. The first-order valence-corrected chi connectivity index (χ1v) is 7.29. The summed E-state index contributed by atoms with van der Waals surface area (Å²) in [6, 6.07) is 2.55. The fourth-order valence-electron chi connectivity index (χ4n) is 2.79. The maximum absolute atomic E-state index is 12.5. The van der Waals surface area contributed by atoms with Crippen molar-refractivity contribution in [3.8, 4) is 0 Å². The number of ether oxygens (including phenoxy) is 1. The van der Waals surface area contributed by atoms with Crippen molar-refractivity contribution in [2.45, 2.75) is 25.0 Å². The number of halogens is 2. The molecule has 2 fully saturated rings. The summed E-state index contributed by atoms with van der Waals surface area (Å²) >= 11 is 11.7. The number of carbonyl (C=O) groups excluding carboxylic acids is 1. The standard InChI is InChI=1S/C13H12Cl2N2O4/c14-10-3-7(4-11(12(10)15)17(19)20)13(18)16-5-8-1-2-9(6-16)21-8/h3-4,8-9H,1-2,5-6H2. The van der Waals surface area contributed by atoms with Gasteiger partial charge in [0.05, 0.1) is 22.2 Å². The van der Waals surface area contributed by atoms with E-state index in [1.807, 2.05) is 0 Å². The van der Waals surface area contributed by atoms with Crippen LogP contribution in [0.1, 0.15) is 23.2 Å². The largest absolute Gasteiger partial charge is 0.371 e. The number of morpholine rings is 1. The van der Waals surface area contributed by atoms with Crippen molar-refractivity contribution >= 4 is 34.8 Å². The highest BCUT2D eigenvalue weighted by Crippen LogP contribution is 2.34. The number of nitrogens with zero attached hydrogens (tertiary/aromatic N) is 2. The van der Waals surface area contributed by atoms with Gasteiger partial charge in [0.2, 0.25) is 0 Å². The Hall–Kier alpha value is -1.37. The highest BCUT2D eigenvalue weighted by atomic mass is 35.5. The monoisotopic (exact) mass is 330 g/mol. The van der Waals surface area contributed by atoms with E-state index in [9.17, 15) is 14.9 Å². The summed E-state index contributed by atoms with van der Waals surface area (Å²) in [6.07, 6.45) is 2.00. The van der Waals surface area contributed by atoms with Crippen LogP contribution in [0, 0.1) is 10.1 Å². The van der Waals surface area contributed by atoms with Crippen LogP contribution in [0.3, 0.4) is 0 Å². The number of amides is 1. The molecule has 112 valence electrons. The maximum Gasteiger partial charge on any atom is 0.290 e. The van der Waals surface area contributed by atoms with Crippen molar-refractivity contribution < 1.29 is 14.5 Å². The summed E-state index contributed by atoms with van der Waals surface area (Å²) in [7, 11) is 0. The number of nitro groups is 1. The van der Waals surface area contributed by atoms with Crippen LogP contribution < -0.4 is 0 Å². The number of nitro benzene ring substituents is 1. The number of benzene rings is 1. The Balaban J connectivity index is 1.89. The molecule has 8 heteroatoms. The van der Waals surface area contributed by atoms with Gasteiger partial charge < -0.3 is 9.64 Å². The van der Waals surface area contributed by atoms with E-state index < -0.39 is 4.92 Å². The van der Waals surface area contributed by atoms with Crippen molar-refractivity contribution in [1.29, 1.82) is 0 Å². The lowest BCUT2D eigenvalue weighted by Gasteiger charge is -2.32. The highest BCUT2D eigenvalue weighted by Gasteiger charge is 2.36. The molecule has 2 heterocycles. The van der Waals surface area contributed by atoms with Crippen LogP contribution in [0.5, 0.6) is 0 Å². The van der Waals surface area contributed by atoms with Gasteiger partial charge in [-0.3, -0.25) is 14.9 Å². The average molecular weight is 331 g/mol. The van der Waals surface area contributed by atoms with Gasteiger partial charge in [0.25, 0.3) is 11.6 Å². The zero-order chi connectivity index (χ0) is 15.1. The molecule has 0 spiro atoms. The number of carbonyl (C=O) groups is 1. The van der Waals surface area contributed by atoms with Crippen LogP contribution in [0.2, 0.25) is 10.0 Å². The zero-order valence-corrected chi connectivity index (χ0v) is 12.4. The van der Waals surface area contributed by atoms with Crippen LogP contribution in [0.25, 0.3) is 0 Å². The summed E-state index contributed by atoms with van der Waals surface area (Å²) in [5.41, 5.74) is -0.179. The molecule has 0 N–H and O–H groups in total. The topological polar surface area (TPSA) is 72.7 Å². The third-order valence-electron chi connectivity index (χ3n) is 3.78. The summed E-state index contributed by atoms with van der Waals surface area (Å²) in [5, 5.41) is 10.8. The first kappa shape index (κ1) is 14.6. The van der Waals surface area contributed by atoms with Gasteiger partial charge in [-0.25, -0.2) is 0 Å². The Morgan fingerprint density at radius 2 is 1.90 bits per heavy atom. The first-order chi connectivity index (χ1) is 9.95. The van der Waals surface area contributed by atoms with E-state index >= 15 is 0 Å². The second-order valence-electron chi connectivity index (χ2n) is 5.22. The van der Waals surface area contributed by atoms with Crippen LogP contribution in [0.15, 0.2) is 12.1 Å². The molecule has 2 bridgehead atoms. The van der Waals surface area contributed by atoms with E-state index in [2.05, 4.69) is 0 Å². The van der Waals surface area contributed by atoms with Crippen LogP contribution >= 0.6 is 23.2 Å². The average Bonchev–Trinajstić information content (AvgIpc) is 2.79. The Morgan fingerprint density at radius 3 is 2.48 bits per heavy atom. The van der Waals surface area contributed by atoms with E-state index in [4.69, 9.17) is 27.9 Å². The van der Waals surface area contributed by atoms with Crippen LogP contribution in [0.4, 0.5) is 5.69 Å². The predicted molar refractivity (Wildman–Crippen MR) is 76.9 cm³/mol. The van der Waals surface area contributed by atoms with E-state index in [0.717, 1.165) is 12.8 Å². The number of fused-ring (bicyclic) bond motifs is 2. The van der Waals surface area contributed by atoms with Gasteiger partial charge in [-0.2, -0.15) is 0 Å². The van der Waals surface area contributed by atoms with Crippen molar-refractivity contribution in [1.82, 2.24) is 4.90 Å². The molecular weight excluding hydrogens is 319 g/mol. The van der Waals surface area contributed by atoms with Gasteiger partial charge in [-0.15, -0.1) is 0 Å². The minimum atomic E-state index is -0.645. The summed E-state index contributed by atoms with van der Waals surface area (Å²) in [6.45, 7) is 1.01. The molecule has 0 aliphatic carbocycles. The molecule has 2 aliphatic heterocycles.